The first kappa shape index (κ1) is 15.1. The summed E-state index contributed by atoms with van der Waals surface area (Å²) in [7, 11) is 0. The Balaban J connectivity index is 1.36. The SMILES string of the molecule is O=C(O)CCCCN1C[C@H](c2nc(C3CC3)n[nH]2)[C@@H](C2CC2)C1. The molecule has 0 spiro atoms. The van der Waals surface area contributed by atoms with Gasteiger partial charge in [0.05, 0.1) is 0 Å². The number of likely N-dealkylation sites (tertiary alicyclic amines) is 1. The standard InChI is InChI=1S/C17H26N4O2/c22-15(23)3-1-2-8-21-9-13(11-4-5-11)14(10-21)17-18-16(19-20-17)12-6-7-12/h11-14H,1-10H2,(H,22,23)(H,18,19,20)/t13-,14+/m1/s1. The smallest absolute Gasteiger partial charge is 0.303 e. The Hall–Kier alpha value is -1.43. The van der Waals surface area contributed by atoms with E-state index in [9.17, 15) is 4.79 Å². The Morgan fingerprint density at radius 1 is 1.22 bits per heavy atom. The average molecular weight is 318 g/mol. The van der Waals surface area contributed by atoms with Gasteiger partial charge in [0, 0.05) is 31.3 Å². The van der Waals surface area contributed by atoms with Crippen LogP contribution in [0.25, 0.3) is 0 Å². The van der Waals surface area contributed by atoms with Crippen molar-refractivity contribution in [3.05, 3.63) is 11.6 Å². The summed E-state index contributed by atoms with van der Waals surface area (Å²) in [5.74, 6) is 4.09. The normalized spacial score (nSPS) is 28.3. The van der Waals surface area contributed by atoms with E-state index in [2.05, 4.69) is 15.1 Å². The zero-order valence-corrected chi connectivity index (χ0v) is 13.6. The first-order chi connectivity index (χ1) is 11.2. The predicted molar refractivity (Wildman–Crippen MR) is 85.2 cm³/mol. The van der Waals surface area contributed by atoms with Gasteiger partial charge in [0.15, 0.2) is 5.82 Å². The summed E-state index contributed by atoms with van der Waals surface area (Å²) < 4.78 is 0. The molecule has 6 heteroatoms. The Kier molecular flexibility index (Phi) is 4.09. The first-order valence-electron chi connectivity index (χ1n) is 9.07. The van der Waals surface area contributed by atoms with Gasteiger partial charge in [-0.1, -0.05) is 0 Å². The number of unbranched alkanes of at least 4 members (excludes halogenated alkanes) is 1. The van der Waals surface area contributed by atoms with E-state index < -0.39 is 5.97 Å². The molecular formula is C17H26N4O2. The molecule has 0 bridgehead atoms. The minimum absolute atomic E-state index is 0.288. The first-order valence-corrected chi connectivity index (χ1v) is 9.07. The number of nitrogens with zero attached hydrogens (tertiary/aromatic N) is 3. The number of carbonyl (C=O) groups is 1. The van der Waals surface area contributed by atoms with Gasteiger partial charge in [-0.25, -0.2) is 4.98 Å². The molecule has 2 N–H and O–H groups in total. The van der Waals surface area contributed by atoms with E-state index in [0.717, 1.165) is 50.0 Å². The number of carboxylic acids is 1. The molecule has 0 aromatic carbocycles. The van der Waals surface area contributed by atoms with Crippen LogP contribution < -0.4 is 0 Å². The number of H-pyrrole nitrogens is 1. The van der Waals surface area contributed by atoms with E-state index in [-0.39, 0.29) is 6.42 Å². The molecule has 1 aliphatic heterocycles. The molecule has 1 saturated heterocycles. The van der Waals surface area contributed by atoms with Gasteiger partial charge in [-0.05, 0) is 56.9 Å². The van der Waals surface area contributed by atoms with E-state index in [1.165, 1.54) is 25.7 Å². The molecule has 0 unspecified atom stereocenters. The number of hydrogen-bond donors (Lipinski definition) is 2. The largest absolute Gasteiger partial charge is 0.481 e. The molecule has 2 aliphatic carbocycles. The highest BCUT2D eigenvalue weighted by Crippen LogP contribution is 2.47. The monoisotopic (exact) mass is 318 g/mol. The van der Waals surface area contributed by atoms with Crippen molar-refractivity contribution < 1.29 is 9.90 Å². The second-order valence-electron chi connectivity index (χ2n) is 7.57. The van der Waals surface area contributed by atoms with E-state index >= 15 is 0 Å². The van der Waals surface area contributed by atoms with Crippen LogP contribution in [0, 0.1) is 11.8 Å². The molecular weight excluding hydrogens is 292 g/mol. The molecule has 0 amide bonds. The van der Waals surface area contributed by atoms with Crippen LogP contribution in [0.4, 0.5) is 0 Å². The molecule has 126 valence electrons. The second-order valence-corrected chi connectivity index (χ2v) is 7.57. The van der Waals surface area contributed by atoms with Gasteiger partial charge in [0.1, 0.15) is 5.82 Å². The molecule has 2 atom stereocenters. The fourth-order valence-electron chi connectivity index (χ4n) is 3.98. The molecule has 3 aliphatic rings. The summed E-state index contributed by atoms with van der Waals surface area (Å²) in [4.78, 5) is 17.9. The van der Waals surface area contributed by atoms with Crippen LogP contribution in [0.15, 0.2) is 0 Å². The van der Waals surface area contributed by atoms with Crippen molar-refractivity contribution in [2.24, 2.45) is 11.8 Å². The van der Waals surface area contributed by atoms with E-state index in [0.29, 0.717) is 17.8 Å². The number of carboxylic acid groups (broad SMARTS) is 1. The maximum absolute atomic E-state index is 10.6. The molecule has 3 fully saturated rings. The minimum Gasteiger partial charge on any atom is -0.481 e. The van der Waals surface area contributed by atoms with Crippen molar-refractivity contribution in [3.63, 3.8) is 0 Å². The van der Waals surface area contributed by atoms with Crippen molar-refractivity contribution in [2.45, 2.75) is 56.8 Å². The zero-order valence-electron chi connectivity index (χ0n) is 13.6. The lowest BCUT2D eigenvalue weighted by Gasteiger charge is -2.15. The summed E-state index contributed by atoms with van der Waals surface area (Å²) >= 11 is 0. The lowest BCUT2D eigenvalue weighted by Crippen LogP contribution is -2.22. The molecule has 1 aromatic rings. The van der Waals surface area contributed by atoms with Crippen LogP contribution in [0.1, 0.15) is 68.4 Å². The molecule has 4 rings (SSSR count). The van der Waals surface area contributed by atoms with Crippen molar-refractivity contribution in [1.29, 1.82) is 0 Å². The fourth-order valence-corrected chi connectivity index (χ4v) is 3.98. The van der Waals surface area contributed by atoms with Crippen LogP contribution in [0.5, 0.6) is 0 Å². The summed E-state index contributed by atoms with van der Waals surface area (Å²) in [5, 5.41) is 16.4. The predicted octanol–water partition coefficient (Wildman–Crippen LogP) is 2.36. The van der Waals surface area contributed by atoms with Crippen molar-refractivity contribution >= 4 is 5.97 Å². The van der Waals surface area contributed by atoms with E-state index in [1.54, 1.807) is 0 Å². The zero-order chi connectivity index (χ0) is 15.8. The highest BCUT2D eigenvalue weighted by Gasteiger charge is 2.44. The quantitative estimate of drug-likeness (QED) is 0.719. The van der Waals surface area contributed by atoms with Crippen LogP contribution in [-0.4, -0.2) is 50.8 Å². The van der Waals surface area contributed by atoms with Gasteiger partial charge in [0.2, 0.25) is 0 Å². The lowest BCUT2D eigenvalue weighted by atomic mass is 9.91. The van der Waals surface area contributed by atoms with E-state index in [4.69, 9.17) is 10.1 Å². The summed E-state index contributed by atoms with van der Waals surface area (Å²) in [5.41, 5.74) is 0. The van der Waals surface area contributed by atoms with Gasteiger partial charge in [-0.3, -0.25) is 9.89 Å². The van der Waals surface area contributed by atoms with Gasteiger partial charge in [-0.2, -0.15) is 5.10 Å². The maximum Gasteiger partial charge on any atom is 0.303 e. The lowest BCUT2D eigenvalue weighted by molar-refractivity contribution is -0.137. The molecule has 1 aromatic heterocycles. The van der Waals surface area contributed by atoms with Gasteiger partial charge in [-0.15, -0.1) is 0 Å². The van der Waals surface area contributed by atoms with Crippen molar-refractivity contribution in [2.75, 3.05) is 19.6 Å². The topological polar surface area (TPSA) is 82.1 Å². The molecule has 0 radical (unpaired) electrons. The van der Waals surface area contributed by atoms with Gasteiger partial charge >= 0.3 is 5.97 Å². The van der Waals surface area contributed by atoms with Crippen molar-refractivity contribution in [1.82, 2.24) is 20.1 Å². The number of aliphatic carboxylic acids is 1. The minimum atomic E-state index is -0.686. The Labute approximate surface area is 136 Å². The molecule has 2 heterocycles. The second kappa shape index (κ2) is 6.23. The number of rotatable bonds is 8. The fraction of sp³-hybridized carbons (Fsp3) is 0.824. The van der Waals surface area contributed by atoms with Crippen molar-refractivity contribution in [3.8, 4) is 0 Å². The maximum atomic E-state index is 10.6. The van der Waals surface area contributed by atoms with Crippen LogP contribution >= 0.6 is 0 Å². The van der Waals surface area contributed by atoms with Crippen LogP contribution in [0.2, 0.25) is 0 Å². The third-order valence-electron chi connectivity index (χ3n) is 5.60. The summed E-state index contributed by atoms with van der Waals surface area (Å²) in [6, 6.07) is 0. The highest BCUT2D eigenvalue weighted by molar-refractivity contribution is 5.66. The molecule has 6 nitrogen and oxygen atoms in total. The average Bonchev–Trinajstić information content (AvgIpc) is 3.46. The number of nitrogens with one attached hydrogen (secondary N) is 1. The Morgan fingerprint density at radius 2 is 2.04 bits per heavy atom. The number of hydrogen-bond acceptors (Lipinski definition) is 4. The molecule has 23 heavy (non-hydrogen) atoms. The van der Waals surface area contributed by atoms with Crippen LogP contribution in [0.3, 0.4) is 0 Å². The number of aromatic nitrogens is 3. The van der Waals surface area contributed by atoms with Crippen LogP contribution in [-0.2, 0) is 4.79 Å². The summed E-state index contributed by atoms with van der Waals surface area (Å²) in [6.45, 7) is 3.20. The summed E-state index contributed by atoms with van der Waals surface area (Å²) in [6.07, 6.45) is 7.23. The Bertz CT molecular complexity index is 565. The van der Waals surface area contributed by atoms with Gasteiger partial charge < -0.3 is 10.0 Å². The number of aromatic amines is 1. The van der Waals surface area contributed by atoms with E-state index in [1.807, 2.05) is 0 Å². The Morgan fingerprint density at radius 3 is 2.74 bits per heavy atom. The van der Waals surface area contributed by atoms with Gasteiger partial charge in [0.25, 0.3) is 0 Å². The highest BCUT2D eigenvalue weighted by atomic mass is 16.4. The third kappa shape index (κ3) is 3.57. The third-order valence-corrected chi connectivity index (χ3v) is 5.60. The molecule has 2 saturated carbocycles.